The number of methoxy groups -OCH3 is 1. The highest BCUT2D eigenvalue weighted by Crippen LogP contribution is 2.38. The Kier molecular flexibility index (Phi) is 18.9. The number of rotatable bonds is 21. The van der Waals surface area contributed by atoms with Gasteiger partial charge in [-0.1, -0.05) is 82.2 Å². The van der Waals surface area contributed by atoms with E-state index in [0.29, 0.717) is 71.6 Å². The quantitative estimate of drug-likeness (QED) is 0.0318. The number of nitrogens with zero attached hydrogens (tertiary/aromatic N) is 9. The number of aliphatic hydroxyl groups excluding tert-OH is 1. The zero-order valence-corrected chi connectivity index (χ0v) is 47.3. The van der Waals surface area contributed by atoms with Crippen LogP contribution in [0.2, 0.25) is 0 Å². The SMILES string of the molecule is CNC(=O)c1nnc(Nc2ccc(C#CC3CN(C(=O)CCCCCCCC(=O)N[C@H](C(=O)N4C[C@H](O)C[C@H]4C(=O)N[C@@H](C)c4ccc(-c5scnc5C)cc4)C(C)(C)C)C3)cn2)cc1Nc1cccc(-c2ncn(C)n2)c1OC. The van der Waals surface area contributed by atoms with Crippen molar-refractivity contribution in [3.8, 4) is 39.4 Å². The number of hydrogen-bond acceptors (Lipinski definition) is 16. The molecule has 6 N–H and O–H groups in total. The van der Waals surface area contributed by atoms with Crippen molar-refractivity contribution in [1.82, 2.24) is 60.7 Å². The standard InChI is InChI=1S/C58H70N14O7S/c1-35(39-22-24-40(25-23-39)52-36(2)62-34-80-52)63-55(76)45-27-41(73)32-72(45)57(78)53(58(3,4)5)66-48(74)17-12-10-9-11-13-18-49(75)71-30-38(31-71)20-19-37-21-26-46(60-29-37)65-47-28-44(50(68-67-47)56(77)59-6)64-43-16-14-15-42(51(43)79-8)54-61-33-70(7)69-54/h14-16,21-26,28-29,33-35,38,41,45,53,73H,9-13,17-18,27,30-32H2,1-8H3,(H,59,77)(H,63,76)(H,66,74)(H2,60,64,65,67)/t35-,41+,45-,53+/m0/s1. The lowest BCUT2D eigenvalue weighted by molar-refractivity contribution is -0.144. The van der Waals surface area contributed by atoms with E-state index in [1.807, 2.05) is 87.5 Å². The van der Waals surface area contributed by atoms with Crippen molar-refractivity contribution in [2.24, 2.45) is 18.4 Å². The van der Waals surface area contributed by atoms with Crippen LogP contribution in [0.3, 0.4) is 0 Å². The summed E-state index contributed by atoms with van der Waals surface area (Å²) in [5.41, 5.74) is 6.44. The van der Waals surface area contributed by atoms with Gasteiger partial charge in [0.25, 0.3) is 5.91 Å². The van der Waals surface area contributed by atoms with Gasteiger partial charge in [-0.15, -0.1) is 21.5 Å². The molecule has 0 radical (unpaired) electrons. The number of unbranched alkanes of at least 4 members (excludes halogenated alkanes) is 4. The van der Waals surface area contributed by atoms with Gasteiger partial charge in [0.2, 0.25) is 23.6 Å². The Labute approximate surface area is 470 Å². The van der Waals surface area contributed by atoms with Crippen LogP contribution in [0.25, 0.3) is 21.8 Å². The minimum atomic E-state index is -0.899. The first-order valence-corrected chi connectivity index (χ1v) is 27.8. The van der Waals surface area contributed by atoms with Crippen molar-refractivity contribution in [3.63, 3.8) is 0 Å². The molecule has 4 aromatic heterocycles. The van der Waals surface area contributed by atoms with Crippen molar-refractivity contribution in [2.45, 2.75) is 110 Å². The zero-order chi connectivity index (χ0) is 57.1. The van der Waals surface area contributed by atoms with E-state index < -0.39 is 35.4 Å². The average molecular weight is 1110 g/mol. The Morgan fingerprint density at radius 3 is 2.29 bits per heavy atom. The van der Waals surface area contributed by atoms with Crippen molar-refractivity contribution in [3.05, 3.63) is 101 Å². The number of carbonyl (C=O) groups is 5. The molecule has 0 bridgehead atoms. The van der Waals surface area contributed by atoms with Gasteiger partial charge in [-0.3, -0.25) is 28.7 Å². The molecule has 21 nitrogen and oxygen atoms in total. The summed E-state index contributed by atoms with van der Waals surface area (Å²) in [6.07, 6.45) is 7.05. The van der Waals surface area contributed by atoms with Gasteiger partial charge in [-0.25, -0.2) is 15.0 Å². The summed E-state index contributed by atoms with van der Waals surface area (Å²) < 4.78 is 7.35. The fraction of sp³-hybridized carbons (Fsp3) is 0.431. The molecule has 8 rings (SSSR count). The molecule has 0 aliphatic carbocycles. The highest BCUT2D eigenvalue weighted by molar-refractivity contribution is 7.13. The first kappa shape index (κ1) is 57.9. The number of thiazole rings is 1. The molecule has 80 heavy (non-hydrogen) atoms. The van der Waals surface area contributed by atoms with Gasteiger partial charge >= 0.3 is 0 Å². The number of hydrogen-bond donors (Lipinski definition) is 6. The van der Waals surface area contributed by atoms with Crippen molar-refractivity contribution in [2.75, 3.05) is 44.4 Å². The number of para-hydroxylation sites is 1. The van der Waals surface area contributed by atoms with E-state index in [2.05, 4.69) is 68.7 Å². The van der Waals surface area contributed by atoms with Crippen LogP contribution in [0.15, 0.2) is 78.7 Å². The van der Waals surface area contributed by atoms with Crippen molar-refractivity contribution < 1.29 is 33.8 Å². The monoisotopic (exact) mass is 1110 g/mol. The molecule has 2 aliphatic rings. The van der Waals surface area contributed by atoms with E-state index in [1.54, 1.807) is 60.9 Å². The number of amides is 5. The highest BCUT2D eigenvalue weighted by atomic mass is 32.1. The van der Waals surface area contributed by atoms with Gasteiger partial charge < -0.3 is 46.2 Å². The summed E-state index contributed by atoms with van der Waals surface area (Å²) in [5.74, 6) is 6.93. The summed E-state index contributed by atoms with van der Waals surface area (Å²) in [7, 11) is 4.84. The lowest BCUT2D eigenvalue weighted by Crippen LogP contribution is -2.57. The Morgan fingerprint density at radius 1 is 0.875 bits per heavy atom. The predicted octanol–water partition coefficient (Wildman–Crippen LogP) is 6.87. The van der Waals surface area contributed by atoms with Crippen LogP contribution in [0.4, 0.5) is 23.0 Å². The Bertz CT molecular complexity index is 3230. The summed E-state index contributed by atoms with van der Waals surface area (Å²) in [5, 5.41) is 38.5. The number of pyridine rings is 1. The number of likely N-dealkylation sites (tertiary alicyclic amines) is 2. The number of benzene rings is 2. The van der Waals surface area contributed by atoms with Gasteiger partial charge in [-0.05, 0) is 67.5 Å². The molecule has 22 heteroatoms. The number of β-amino-alcohol motifs (C(OH)–C–C–N with tert-alkyl or cyclic N) is 1. The number of anilines is 4. The molecule has 420 valence electrons. The third-order valence-electron chi connectivity index (χ3n) is 14.1. The second-order valence-corrected chi connectivity index (χ2v) is 22.2. The maximum absolute atomic E-state index is 14.1. The Hall–Kier alpha value is -8.29. The van der Waals surface area contributed by atoms with Crippen LogP contribution in [0.1, 0.15) is 112 Å². The molecule has 2 aromatic carbocycles. The highest BCUT2D eigenvalue weighted by Gasteiger charge is 2.45. The summed E-state index contributed by atoms with van der Waals surface area (Å²) in [6.45, 7) is 10.6. The van der Waals surface area contributed by atoms with E-state index in [-0.39, 0.29) is 54.8 Å². The van der Waals surface area contributed by atoms with Crippen LogP contribution in [0.5, 0.6) is 5.75 Å². The predicted molar refractivity (Wildman–Crippen MR) is 305 cm³/mol. The normalized spacial score (nSPS) is 15.9. The van der Waals surface area contributed by atoms with Crippen LogP contribution < -0.4 is 31.3 Å². The minimum absolute atomic E-state index is 0.000634. The first-order chi connectivity index (χ1) is 38.4. The number of aromatic nitrogens is 7. The van der Waals surface area contributed by atoms with Gasteiger partial charge in [0, 0.05) is 70.8 Å². The maximum Gasteiger partial charge on any atom is 0.273 e. The second kappa shape index (κ2) is 26.1. The first-order valence-electron chi connectivity index (χ1n) is 26.9. The lowest BCUT2D eigenvalue weighted by Gasteiger charge is -2.36. The summed E-state index contributed by atoms with van der Waals surface area (Å²) in [6, 6.07) is 16.6. The molecule has 0 spiro atoms. The third-order valence-corrected chi connectivity index (χ3v) is 15.1. The third kappa shape index (κ3) is 14.5. The van der Waals surface area contributed by atoms with Crippen LogP contribution in [-0.4, -0.2) is 131 Å². The van der Waals surface area contributed by atoms with Gasteiger partial charge in [-0.2, -0.15) is 5.10 Å². The molecular weight excluding hydrogens is 1040 g/mol. The topological polar surface area (TPSA) is 264 Å². The number of aliphatic hydroxyl groups is 1. The summed E-state index contributed by atoms with van der Waals surface area (Å²) in [4.78, 5) is 84.4. The molecule has 6 heterocycles. The second-order valence-electron chi connectivity index (χ2n) is 21.3. The van der Waals surface area contributed by atoms with Crippen LogP contribution >= 0.6 is 11.3 Å². The van der Waals surface area contributed by atoms with Crippen molar-refractivity contribution in [1.29, 1.82) is 0 Å². The van der Waals surface area contributed by atoms with E-state index in [4.69, 9.17) is 4.74 Å². The van der Waals surface area contributed by atoms with E-state index in [1.165, 1.54) is 11.9 Å². The smallest absolute Gasteiger partial charge is 0.273 e. The molecule has 4 atom stereocenters. The maximum atomic E-state index is 14.1. The number of nitrogens with one attached hydrogen (secondary N) is 5. The molecule has 2 aliphatic heterocycles. The number of ether oxygens (including phenoxy) is 1. The molecule has 0 saturated carbocycles. The van der Waals surface area contributed by atoms with E-state index >= 15 is 0 Å². The van der Waals surface area contributed by atoms with Gasteiger partial charge in [0.05, 0.1) is 58.2 Å². The molecule has 2 fully saturated rings. The zero-order valence-electron chi connectivity index (χ0n) is 46.5. The molecule has 6 aromatic rings. The molecule has 0 unspecified atom stereocenters. The van der Waals surface area contributed by atoms with Gasteiger partial charge in [0.1, 0.15) is 24.2 Å². The average Bonchev–Trinajstić information content (AvgIpc) is 4.18. The Morgan fingerprint density at radius 2 is 1.62 bits per heavy atom. The largest absolute Gasteiger partial charge is 0.494 e. The number of carbonyl (C=O) groups excluding carboxylic acids is 5. The van der Waals surface area contributed by atoms with Crippen molar-refractivity contribution >= 4 is 63.9 Å². The van der Waals surface area contributed by atoms with Crippen LogP contribution in [-0.2, 0) is 26.2 Å². The van der Waals surface area contributed by atoms with Crippen LogP contribution in [0, 0.1) is 30.1 Å². The molecule has 5 amide bonds. The minimum Gasteiger partial charge on any atom is -0.494 e. The molecular formula is C58H70N14O7S. The van der Waals surface area contributed by atoms with E-state index in [0.717, 1.165) is 47.4 Å². The lowest BCUT2D eigenvalue weighted by atomic mass is 9.85. The molecule has 2 saturated heterocycles. The number of aryl methyl sites for hydroxylation is 2. The van der Waals surface area contributed by atoms with Gasteiger partial charge in [0.15, 0.2) is 23.1 Å². The fourth-order valence-electron chi connectivity index (χ4n) is 9.60. The van der Waals surface area contributed by atoms with E-state index in [9.17, 15) is 29.1 Å². The fourth-order valence-corrected chi connectivity index (χ4v) is 10.4. The summed E-state index contributed by atoms with van der Waals surface area (Å²) >= 11 is 1.57. The Balaban J connectivity index is 0.731.